The fraction of sp³-hybridized carbons (Fsp3) is 0.889. The summed E-state index contributed by atoms with van der Waals surface area (Å²) < 4.78 is 8.54. The molecule has 0 bridgehead atoms. The molecule has 0 N–H and O–H groups in total. The van der Waals surface area contributed by atoms with Gasteiger partial charge in [-0.3, -0.25) is 0 Å². The molecule has 0 aliphatic rings. The quantitative estimate of drug-likeness (QED) is 0.587. The van der Waals surface area contributed by atoms with Gasteiger partial charge >= 0.3 is 0 Å². The Balaban J connectivity index is 4.61. The zero-order valence-electron chi connectivity index (χ0n) is 8.47. The van der Waals surface area contributed by atoms with Crippen LogP contribution in [0.2, 0.25) is 0 Å². The van der Waals surface area contributed by atoms with E-state index in [2.05, 4.69) is 6.92 Å². The lowest BCUT2D eigenvalue weighted by Gasteiger charge is -2.34. The number of alkyl halides is 6. The van der Waals surface area contributed by atoms with Crippen molar-refractivity contribution in [1.82, 2.24) is 0 Å². The minimum atomic E-state index is -2.74. The lowest BCUT2D eigenvalue weighted by Crippen LogP contribution is -2.38. The van der Waals surface area contributed by atoms with Crippen molar-refractivity contribution in [2.45, 2.75) is 41.0 Å². The first kappa shape index (κ1) is 16.4. The minimum Gasteiger partial charge on any atom is -0.205 e. The average Bonchev–Trinajstić information content (AvgIpc) is 2.01. The van der Waals surface area contributed by atoms with Gasteiger partial charge in [-0.15, -0.1) is 11.6 Å². The fourth-order valence-corrected chi connectivity index (χ4v) is 1.74. The summed E-state index contributed by atoms with van der Waals surface area (Å²) in [6, 6.07) is 0. The molecule has 1 radical (unpaired) electrons. The standard InChI is InChI=1S/C9H13Cl5F/c1-4-7(2,3)6(10)5-8(11,12)9(13,14)15/h6H,1,4-5H2,2-3H3. The zero-order valence-corrected chi connectivity index (χ0v) is 12.2. The van der Waals surface area contributed by atoms with Gasteiger partial charge in [0.1, 0.15) is 0 Å². The molecule has 0 aromatic heterocycles. The van der Waals surface area contributed by atoms with E-state index in [9.17, 15) is 4.39 Å². The fourth-order valence-electron chi connectivity index (χ4n) is 0.774. The molecule has 0 aliphatic heterocycles. The van der Waals surface area contributed by atoms with Gasteiger partial charge < -0.3 is 0 Å². The van der Waals surface area contributed by atoms with Crippen LogP contribution >= 0.6 is 58.0 Å². The van der Waals surface area contributed by atoms with Crippen LogP contribution in [0.1, 0.15) is 26.7 Å². The third kappa shape index (κ3) is 4.63. The van der Waals surface area contributed by atoms with Crippen LogP contribution in [0.5, 0.6) is 0 Å². The molecule has 0 amide bonds. The zero-order chi connectivity index (χ0) is 12.5. The van der Waals surface area contributed by atoms with Crippen molar-refractivity contribution in [3.05, 3.63) is 6.92 Å². The van der Waals surface area contributed by atoms with Crippen molar-refractivity contribution in [1.29, 1.82) is 0 Å². The first-order valence-corrected chi connectivity index (χ1v) is 6.27. The molecule has 91 valence electrons. The van der Waals surface area contributed by atoms with Gasteiger partial charge in [0.15, 0.2) is 4.33 Å². The first-order chi connectivity index (χ1) is 6.44. The topological polar surface area (TPSA) is 0 Å². The van der Waals surface area contributed by atoms with Crippen LogP contribution in [-0.4, -0.2) is 14.3 Å². The summed E-state index contributed by atoms with van der Waals surface area (Å²) in [5, 5.41) is -0.474. The molecule has 15 heavy (non-hydrogen) atoms. The summed E-state index contributed by atoms with van der Waals surface area (Å²) in [6.45, 7) is 7.50. The third-order valence-electron chi connectivity index (χ3n) is 2.34. The first-order valence-electron chi connectivity index (χ1n) is 4.32. The predicted molar refractivity (Wildman–Crippen MR) is 68.0 cm³/mol. The molecule has 0 rings (SSSR count). The van der Waals surface area contributed by atoms with E-state index < -0.39 is 14.3 Å². The van der Waals surface area contributed by atoms with Crippen LogP contribution in [-0.2, 0) is 0 Å². The van der Waals surface area contributed by atoms with Crippen LogP contribution in [0, 0.1) is 12.3 Å². The van der Waals surface area contributed by atoms with Gasteiger partial charge in [-0.2, -0.15) is 0 Å². The van der Waals surface area contributed by atoms with Crippen molar-refractivity contribution < 1.29 is 4.39 Å². The smallest absolute Gasteiger partial charge is 0.205 e. The predicted octanol–water partition coefficient (Wildman–Crippen LogP) is 5.51. The number of halogens is 6. The monoisotopic (exact) mass is 315 g/mol. The molecule has 0 heterocycles. The highest BCUT2D eigenvalue weighted by atomic mass is 35.5. The Morgan fingerprint density at radius 1 is 1.20 bits per heavy atom. The van der Waals surface area contributed by atoms with E-state index in [4.69, 9.17) is 58.0 Å². The van der Waals surface area contributed by atoms with Gasteiger partial charge in [0.2, 0.25) is 0 Å². The van der Waals surface area contributed by atoms with Crippen LogP contribution in [0.15, 0.2) is 0 Å². The highest BCUT2D eigenvalue weighted by Crippen LogP contribution is 2.49. The highest BCUT2D eigenvalue weighted by Gasteiger charge is 2.50. The van der Waals surface area contributed by atoms with Crippen molar-refractivity contribution in [2.75, 3.05) is 0 Å². The summed E-state index contributed by atoms with van der Waals surface area (Å²) in [4.78, 5) is 0. The molecule has 0 saturated heterocycles. The van der Waals surface area contributed by atoms with Crippen molar-refractivity contribution in [3.8, 4) is 0 Å². The van der Waals surface area contributed by atoms with E-state index in [0.29, 0.717) is 6.42 Å². The largest absolute Gasteiger partial charge is 0.290 e. The normalized spacial score (nSPS) is 16.6. The number of rotatable bonds is 5. The van der Waals surface area contributed by atoms with Crippen LogP contribution in [0.3, 0.4) is 0 Å². The Labute approximate surface area is 115 Å². The maximum atomic E-state index is 13.2. The molecule has 0 spiro atoms. The lowest BCUT2D eigenvalue weighted by atomic mass is 9.84. The second-order valence-electron chi connectivity index (χ2n) is 4.11. The Morgan fingerprint density at radius 2 is 1.60 bits per heavy atom. The van der Waals surface area contributed by atoms with Crippen LogP contribution in [0.4, 0.5) is 4.39 Å². The number of hydrogen-bond acceptors (Lipinski definition) is 0. The van der Waals surface area contributed by atoms with E-state index in [-0.39, 0.29) is 11.8 Å². The lowest BCUT2D eigenvalue weighted by molar-refractivity contribution is 0.286. The van der Waals surface area contributed by atoms with Gasteiger partial charge in [0.25, 0.3) is 4.59 Å². The highest BCUT2D eigenvalue weighted by molar-refractivity contribution is 6.61. The van der Waals surface area contributed by atoms with E-state index in [1.54, 1.807) is 0 Å². The summed E-state index contributed by atoms with van der Waals surface area (Å²) >= 11 is 27.9. The summed E-state index contributed by atoms with van der Waals surface area (Å²) in [5.41, 5.74) is -0.324. The molecule has 0 nitrogen and oxygen atoms in total. The Kier molecular flexibility index (Phi) is 5.84. The summed E-state index contributed by atoms with van der Waals surface area (Å²) in [7, 11) is 0. The molecule has 6 heteroatoms. The second-order valence-corrected chi connectivity index (χ2v) is 7.36. The van der Waals surface area contributed by atoms with Crippen molar-refractivity contribution >= 4 is 58.0 Å². The van der Waals surface area contributed by atoms with E-state index >= 15 is 0 Å². The molecular weight excluding hydrogens is 304 g/mol. The van der Waals surface area contributed by atoms with Gasteiger partial charge in [0.05, 0.1) is 0 Å². The number of hydrogen-bond donors (Lipinski definition) is 0. The molecule has 1 unspecified atom stereocenters. The molecule has 0 aromatic rings. The van der Waals surface area contributed by atoms with Crippen LogP contribution < -0.4 is 0 Å². The SMILES string of the molecule is [CH2]CC(C)(C)C(Cl)CC(Cl)(Cl)C(F)(Cl)Cl. The van der Waals surface area contributed by atoms with Crippen molar-refractivity contribution in [2.24, 2.45) is 5.41 Å². The summed E-state index contributed by atoms with van der Waals surface area (Å²) in [6.07, 6.45) is 0.499. The molecule has 0 aromatic carbocycles. The van der Waals surface area contributed by atoms with Gasteiger partial charge in [-0.1, -0.05) is 67.2 Å². The van der Waals surface area contributed by atoms with Crippen LogP contribution in [0.25, 0.3) is 0 Å². The molecule has 0 fully saturated rings. The average molecular weight is 317 g/mol. The molecule has 1 atom stereocenters. The molecular formula is C9H13Cl5F. The van der Waals surface area contributed by atoms with Gasteiger partial charge in [-0.25, -0.2) is 4.39 Å². The maximum Gasteiger partial charge on any atom is 0.290 e. The molecule has 0 aliphatic carbocycles. The van der Waals surface area contributed by atoms with Gasteiger partial charge in [0, 0.05) is 11.8 Å². The Morgan fingerprint density at radius 3 is 1.87 bits per heavy atom. The third-order valence-corrected chi connectivity index (χ3v) is 4.95. The molecule has 0 saturated carbocycles. The minimum absolute atomic E-state index is 0.0658. The van der Waals surface area contributed by atoms with E-state index in [0.717, 1.165) is 0 Å². The Bertz CT molecular complexity index is 209. The Hall–Kier alpha value is 1.38. The maximum absolute atomic E-state index is 13.2. The van der Waals surface area contributed by atoms with Gasteiger partial charge in [-0.05, 0) is 11.8 Å². The summed E-state index contributed by atoms with van der Waals surface area (Å²) in [5.74, 6) is 0. The van der Waals surface area contributed by atoms with E-state index in [1.165, 1.54) is 0 Å². The van der Waals surface area contributed by atoms with E-state index in [1.807, 2.05) is 13.8 Å². The van der Waals surface area contributed by atoms with Crippen molar-refractivity contribution in [3.63, 3.8) is 0 Å². The second kappa shape index (κ2) is 5.35.